The number of anilines is 2. The molecule has 2 aromatic carbocycles. The van der Waals surface area contributed by atoms with Gasteiger partial charge in [-0.15, -0.1) is 0 Å². The summed E-state index contributed by atoms with van der Waals surface area (Å²) in [5, 5.41) is 2.30. The second kappa shape index (κ2) is 9.57. The summed E-state index contributed by atoms with van der Waals surface area (Å²) in [6.45, 7) is -0.0249. The van der Waals surface area contributed by atoms with Gasteiger partial charge in [0.15, 0.2) is 0 Å². The zero-order chi connectivity index (χ0) is 22.5. The Morgan fingerprint density at radius 2 is 1.87 bits per heavy atom. The molecule has 0 spiro atoms. The number of carbonyl (C=O) groups excluding carboxylic acids is 1. The Bertz CT molecular complexity index is 1010. The van der Waals surface area contributed by atoms with E-state index in [1.807, 2.05) is 0 Å². The number of hydrogen-bond acceptors (Lipinski definition) is 4. The van der Waals surface area contributed by atoms with Gasteiger partial charge in [0.25, 0.3) is 0 Å². The third kappa shape index (κ3) is 6.27. The van der Waals surface area contributed by atoms with Crippen LogP contribution in [0.15, 0.2) is 42.5 Å². The van der Waals surface area contributed by atoms with E-state index in [1.165, 1.54) is 7.11 Å². The van der Waals surface area contributed by atoms with Crippen molar-refractivity contribution in [3.8, 4) is 5.75 Å². The van der Waals surface area contributed by atoms with E-state index in [0.717, 1.165) is 28.8 Å². The molecule has 0 aliphatic heterocycles. The molecule has 0 atom stereocenters. The number of halogens is 4. The first-order chi connectivity index (χ1) is 13.9. The number of para-hydroxylation sites is 2. The van der Waals surface area contributed by atoms with Gasteiger partial charge in [0.05, 0.1) is 35.3 Å². The number of benzene rings is 2. The van der Waals surface area contributed by atoms with Gasteiger partial charge in [0.2, 0.25) is 15.9 Å². The van der Waals surface area contributed by atoms with Gasteiger partial charge in [-0.1, -0.05) is 23.7 Å². The van der Waals surface area contributed by atoms with Gasteiger partial charge in [-0.25, -0.2) is 8.42 Å². The molecule has 0 aliphatic rings. The van der Waals surface area contributed by atoms with Crippen LogP contribution in [-0.2, 0) is 21.0 Å². The fourth-order valence-corrected chi connectivity index (χ4v) is 3.83. The third-order valence-electron chi connectivity index (χ3n) is 4.09. The Morgan fingerprint density at radius 3 is 2.47 bits per heavy atom. The van der Waals surface area contributed by atoms with Gasteiger partial charge in [0, 0.05) is 13.0 Å². The lowest BCUT2D eigenvalue weighted by molar-refractivity contribution is -0.137. The van der Waals surface area contributed by atoms with Gasteiger partial charge in [-0.2, -0.15) is 13.2 Å². The van der Waals surface area contributed by atoms with Gasteiger partial charge in [0.1, 0.15) is 5.75 Å². The number of methoxy groups -OCH3 is 1. The smallest absolute Gasteiger partial charge is 0.416 e. The van der Waals surface area contributed by atoms with Crippen LogP contribution in [0.3, 0.4) is 0 Å². The molecular formula is C19H20ClF3N2O4S. The van der Waals surface area contributed by atoms with Crippen molar-refractivity contribution in [2.75, 3.05) is 29.5 Å². The highest BCUT2D eigenvalue weighted by atomic mass is 35.5. The van der Waals surface area contributed by atoms with Crippen molar-refractivity contribution in [3.05, 3.63) is 53.1 Å². The average molecular weight is 465 g/mol. The van der Waals surface area contributed by atoms with Crippen LogP contribution in [0.1, 0.15) is 18.4 Å². The molecule has 0 saturated carbocycles. The highest BCUT2D eigenvalue weighted by Gasteiger charge is 2.31. The maximum Gasteiger partial charge on any atom is 0.416 e. The molecule has 6 nitrogen and oxygen atoms in total. The molecule has 2 aromatic rings. The normalized spacial score (nSPS) is 11.8. The fraction of sp³-hybridized carbons (Fsp3) is 0.316. The van der Waals surface area contributed by atoms with Crippen molar-refractivity contribution in [3.63, 3.8) is 0 Å². The largest absolute Gasteiger partial charge is 0.495 e. The maximum absolute atomic E-state index is 12.8. The van der Waals surface area contributed by atoms with E-state index in [1.54, 1.807) is 24.3 Å². The summed E-state index contributed by atoms with van der Waals surface area (Å²) in [7, 11) is -2.25. The molecule has 0 fully saturated rings. The minimum atomic E-state index is -4.57. The van der Waals surface area contributed by atoms with Crippen LogP contribution in [0.4, 0.5) is 24.5 Å². The maximum atomic E-state index is 12.8. The Hall–Kier alpha value is -2.46. The molecule has 0 aliphatic carbocycles. The molecule has 0 aromatic heterocycles. The van der Waals surface area contributed by atoms with Crippen LogP contribution in [0.25, 0.3) is 0 Å². The zero-order valence-corrected chi connectivity index (χ0v) is 17.7. The van der Waals surface area contributed by atoms with E-state index < -0.39 is 27.7 Å². The summed E-state index contributed by atoms with van der Waals surface area (Å²) in [4.78, 5) is 12.2. The van der Waals surface area contributed by atoms with Crippen molar-refractivity contribution in [1.29, 1.82) is 0 Å². The highest BCUT2D eigenvalue weighted by Crippen LogP contribution is 2.34. The van der Waals surface area contributed by atoms with Crippen LogP contribution >= 0.6 is 11.6 Å². The Labute approximate surface area is 177 Å². The number of nitrogens with one attached hydrogen (secondary N) is 1. The molecule has 1 N–H and O–H groups in total. The van der Waals surface area contributed by atoms with Crippen molar-refractivity contribution in [2.45, 2.75) is 19.0 Å². The lowest BCUT2D eigenvalue weighted by Crippen LogP contribution is -2.31. The molecule has 30 heavy (non-hydrogen) atoms. The number of carbonyl (C=O) groups is 1. The van der Waals surface area contributed by atoms with E-state index in [4.69, 9.17) is 16.3 Å². The topological polar surface area (TPSA) is 75.7 Å². The number of rotatable bonds is 8. The van der Waals surface area contributed by atoms with Gasteiger partial charge in [-0.3, -0.25) is 9.10 Å². The van der Waals surface area contributed by atoms with E-state index in [9.17, 15) is 26.4 Å². The van der Waals surface area contributed by atoms with Gasteiger partial charge in [-0.05, 0) is 36.8 Å². The molecular weight excluding hydrogens is 445 g/mol. The predicted molar refractivity (Wildman–Crippen MR) is 110 cm³/mol. The number of amides is 1. The Morgan fingerprint density at radius 1 is 1.20 bits per heavy atom. The minimum Gasteiger partial charge on any atom is -0.495 e. The minimum absolute atomic E-state index is 0.0249. The van der Waals surface area contributed by atoms with Crippen molar-refractivity contribution < 1.29 is 31.1 Å². The van der Waals surface area contributed by atoms with Crippen LogP contribution in [0.5, 0.6) is 5.75 Å². The third-order valence-corrected chi connectivity index (χ3v) is 5.60. The molecule has 0 unspecified atom stereocenters. The molecule has 0 bridgehead atoms. The van der Waals surface area contributed by atoms with Crippen molar-refractivity contribution in [2.24, 2.45) is 0 Å². The number of nitrogens with zero attached hydrogens (tertiary/aromatic N) is 1. The standard InChI is InChI=1S/C19H20ClF3N2O4S/c1-29-17-7-4-3-6-16(17)25(30(2,27)28)11-5-8-18(26)24-15-12-13(19(21,22)23)9-10-14(15)20/h3-4,6-7,9-10,12H,5,8,11H2,1-2H3,(H,24,26). The van der Waals surface area contributed by atoms with Crippen LogP contribution < -0.4 is 14.4 Å². The van der Waals surface area contributed by atoms with Crippen LogP contribution in [0, 0.1) is 0 Å². The summed E-state index contributed by atoms with van der Waals surface area (Å²) in [6.07, 6.45) is -3.56. The summed E-state index contributed by atoms with van der Waals surface area (Å²) >= 11 is 5.86. The Kier molecular flexibility index (Phi) is 7.59. The van der Waals surface area contributed by atoms with Gasteiger partial charge < -0.3 is 10.1 Å². The lowest BCUT2D eigenvalue weighted by atomic mass is 10.2. The molecule has 11 heteroatoms. The van der Waals surface area contributed by atoms with E-state index >= 15 is 0 Å². The summed E-state index contributed by atoms with van der Waals surface area (Å²) < 4.78 is 69.2. The van der Waals surface area contributed by atoms with E-state index in [0.29, 0.717) is 11.4 Å². The van der Waals surface area contributed by atoms with Crippen molar-refractivity contribution >= 4 is 38.9 Å². The van der Waals surface area contributed by atoms with Crippen LogP contribution in [0.2, 0.25) is 5.02 Å². The quantitative estimate of drug-likeness (QED) is 0.621. The molecule has 1 amide bonds. The number of hydrogen-bond donors (Lipinski definition) is 1. The lowest BCUT2D eigenvalue weighted by Gasteiger charge is -2.24. The second-order valence-electron chi connectivity index (χ2n) is 6.35. The molecule has 0 heterocycles. The molecule has 0 radical (unpaired) electrons. The average Bonchev–Trinajstić information content (AvgIpc) is 2.65. The monoisotopic (exact) mass is 464 g/mol. The predicted octanol–water partition coefficient (Wildman–Crippen LogP) is 4.55. The molecule has 164 valence electrons. The van der Waals surface area contributed by atoms with E-state index in [2.05, 4.69) is 5.32 Å². The highest BCUT2D eigenvalue weighted by molar-refractivity contribution is 7.92. The molecule has 0 saturated heterocycles. The fourth-order valence-electron chi connectivity index (χ4n) is 2.69. The van der Waals surface area contributed by atoms with Gasteiger partial charge >= 0.3 is 6.18 Å². The SMILES string of the molecule is COc1ccccc1N(CCCC(=O)Nc1cc(C(F)(F)F)ccc1Cl)S(C)(=O)=O. The summed E-state index contributed by atoms with van der Waals surface area (Å²) in [6, 6.07) is 9.13. The first-order valence-corrected chi connectivity index (χ1v) is 10.9. The summed E-state index contributed by atoms with van der Waals surface area (Å²) in [5.74, 6) is -0.243. The number of ether oxygens (including phenoxy) is 1. The zero-order valence-electron chi connectivity index (χ0n) is 16.2. The molecule has 2 rings (SSSR count). The summed E-state index contributed by atoms with van der Waals surface area (Å²) in [5.41, 5.74) is -0.786. The first kappa shape index (κ1) is 23.8. The Balaban J connectivity index is 2.07. The second-order valence-corrected chi connectivity index (χ2v) is 8.67. The first-order valence-electron chi connectivity index (χ1n) is 8.71. The number of alkyl halides is 3. The van der Waals surface area contributed by atoms with Crippen LogP contribution in [-0.4, -0.2) is 34.2 Å². The van der Waals surface area contributed by atoms with E-state index in [-0.39, 0.29) is 30.1 Å². The van der Waals surface area contributed by atoms with Crippen molar-refractivity contribution in [1.82, 2.24) is 0 Å². The number of sulfonamides is 1.